The van der Waals surface area contributed by atoms with E-state index in [-0.39, 0.29) is 0 Å². The average Bonchev–Trinajstić information content (AvgIpc) is 2.79. The van der Waals surface area contributed by atoms with Crippen molar-refractivity contribution in [2.24, 2.45) is 0 Å². The fourth-order valence-corrected chi connectivity index (χ4v) is 1.90. The van der Waals surface area contributed by atoms with Gasteiger partial charge in [0.05, 0.1) is 11.6 Å². The van der Waals surface area contributed by atoms with Crippen molar-refractivity contribution in [2.75, 3.05) is 12.4 Å². The molecule has 0 atom stereocenters. The van der Waals surface area contributed by atoms with E-state index in [0.29, 0.717) is 17.4 Å². The number of hydrogen-bond acceptors (Lipinski definition) is 4. The van der Waals surface area contributed by atoms with E-state index < -0.39 is 0 Å². The summed E-state index contributed by atoms with van der Waals surface area (Å²) in [5, 5.41) is 7.95. The Bertz CT molecular complexity index is 435. The first kappa shape index (κ1) is 11.3. The molecule has 0 saturated carbocycles. The summed E-state index contributed by atoms with van der Waals surface area (Å²) in [4.78, 5) is 3.99. The first-order valence-corrected chi connectivity index (χ1v) is 6.08. The van der Waals surface area contributed by atoms with Crippen molar-refractivity contribution >= 4 is 23.4 Å². The molecule has 4 nitrogen and oxygen atoms in total. The van der Waals surface area contributed by atoms with Crippen LogP contribution in [0.3, 0.4) is 0 Å². The summed E-state index contributed by atoms with van der Waals surface area (Å²) in [6, 6.07) is 7.42. The Balaban J connectivity index is 1.74. The van der Waals surface area contributed by atoms with Crippen molar-refractivity contribution < 1.29 is 4.74 Å². The van der Waals surface area contributed by atoms with Crippen LogP contribution >= 0.6 is 23.4 Å². The predicted octanol–water partition coefficient (Wildman–Crippen LogP) is 2.63. The first-order valence-electron chi connectivity index (χ1n) is 4.72. The topological polar surface area (TPSA) is 50.8 Å². The summed E-state index contributed by atoms with van der Waals surface area (Å²) in [5.41, 5.74) is 0. The maximum Gasteiger partial charge on any atom is 0.183 e. The number of hydrogen-bond donors (Lipinski definition) is 1. The SMILES string of the molecule is Clc1ccccc1OCCSc1ncn[nH]1. The number of ether oxygens (including phenoxy) is 1. The van der Waals surface area contributed by atoms with Gasteiger partial charge in [-0.25, -0.2) is 4.98 Å². The first-order chi connectivity index (χ1) is 7.86. The highest BCUT2D eigenvalue weighted by Gasteiger charge is 2.00. The van der Waals surface area contributed by atoms with Crippen LogP contribution in [0.2, 0.25) is 5.02 Å². The average molecular weight is 256 g/mol. The van der Waals surface area contributed by atoms with Crippen LogP contribution in [0.25, 0.3) is 0 Å². The molecule has 0 aliphatic heterocycles. The van der Waals surface area contributed by atoms with Crippen LogP contribution in [-0.4, -0.2) is 27.5 Å². The third-order valence-corrected chi connectivity index (χ3v) is 2.96. The molecule has 1 N–H and O–H groups in total. The van der Waals surface area contributed by atoms with Gasteiger partial charge in [0.2, 0.25) is 0 Å². The molecule has 1 aromatic heterocycles. The third-order valence-electron chi connectivity index (χ3n) is 1.81. The number of nitrogens with one attached hydrogen (secondary N) is 1. The summed E-state index contributed by atoms with van der Waals surface area (Å²) in [7, 11) is 0. The fourth-order valence-electron chi connectivity index (χ4n) is 1.12. The highest BCUT2D eigenvalue weighted by Crippen LogP contribution is 2.23. The second-order valence-corrected chi connectivity index (χ2v) is 4.41. The van der Waals surface area contributed by atoms with E-state index in [2.05, 4.69) is 15.2 Å². The molecule has 0 saturated heterocycles. The van der Waals surface area contributed by atoms with Crippen LogP contribution in [0.15, 0.2) is 35.7 Å². The number of aromatic nitrogens is 3. The highest BCUT2D eigenvalue weighted by molar-refractivity contribution is 7.99. The molecule has 0 radical (unpaired) electrons. The smallest absolute Gasteiger partial charge is 0.183 e. The number of para-hydroxylation sites is 1. The van der Waals surface area contributed by atoms with Crippen molar-refractivity contribution in [3.8, 4) is 5.75 Å². The van der Waals surface area contributed by atoms with Crippen LogP contribution < -0.4 is 4.74 Å². The van der Waals surface area contributed by atoms with Gasteiger partial charge in [-0.2, -0.15) is 5.10 Å². The molecular formula is C10H10ClN3OS. The number of rotatable bonds is 5. The minimum atomic E-state index is 0.578. The van der Waals surface area contributed by atoms with E-state index in [4.69, 9.17) is 16.3 Å². The van der Waals surface area contributed by atoms with Crippen molar-refractivity contribution in [3.63, 3.8) is 0 Å². The lowest BCUT2D eigenvalue weighted by atomic mass is 10.3. The monoisotopic (exact) mass is 255 g/mol. The lowest BCUT2D eigenvalue weighted by molar-refractivity contribution is 0.344. The Morgan fingerprint density at radius 3 is 3.00 bits per heavy atom. The summed E-state index contributed by atoms with van der Waals surface area (Å²) in [5.74, 6) is 1.50. The number of H-pyrrole nitrogens is 1. The molecule has 6 heteroatoms. The summed E-state index contributed by atoms with van der Waals surface area (Å²) in [6.07, 6.45) is 1.48. The molecule has 0 unspecified atom stereocenters. The number of halogens is 1. The minimum Gasteiger partial charge on any atom is -0.491 e. The molecule has 0 bridgehead atoms. The van der Waals surface area contributed by atoms with Crippen molar-refractivity contribution in [2.45, 2.75) is 5.16 Å². The molecule has 2 rings (SSSR count). The van der Waals surface area contributed by atoms with Gasteiger partial charge in [0.1, 0.15) is 12.1 Å². The third kappa shape index (κ3) is 3.15. The van der Waals surface area contributed by atoms with Crippen LogP contribution in [0.4, 0.5) is 0 Å². The Labute approximate surface area is 102 Å². The lowest BCUT2D eigenvalue weighted by Crippen LogP contribution is -2.00. The van der Waals surface area contributed by atoms with Gasteiger partial charge in [-0.3, -0.25) is 5.10 Å². The van der Waals surface area contributed by atoms with Crippen molar-refractivity contribution in [1.82, 2.24) is 15.2 Å². The molecule has 1 aromatic carbocycles. The number of thioether (sulfide) groups is 1. The van der Waals surface area contributed by atoms with Crippen LogP contribution in [0, 0.1) is 0 Å². The van der Waals surface area contributed by atoms with Gasteiger partial charge in [0.25, 0.3) is 0 Å². The zero-order valence-electron chi connectivity index (χ0n) is 8.39. The Morgan fingerprint density at radius 2 is 2.25 bits per heavy atom. The van der Waals surface area contributed by atoms with Gasteiger partial charge < -0.3 is 4.74 Å². The van der Waals surface area contributed by atoms with E-state index in [1.807, 2.05) is 18.2 Å². The summed E-state index contributed by atoms with van der Waals surface area (Å²) >= 11 is 7.50. The number of nitrogens with zero attached hydrogens (tertiary/aromatic N) is 2. The van der Waals surface area contributed by atoms with E-state index >= 15 is 0 Å². The highest BCUT2D eigenvalue weighted by atomic mass is 35.5. The molecule has 0 aliphatic rings. The van der Waals surface area contributed by atoms with Gasteiger partial charge in [-0.15, -0.1) is 0 Å². The second kappa shape index (κ2) is 5.77. The molecular weight excluding hydrogens is 246 g/mol. The minimum absolute atomic E-state index is 0.578. The van der Waals surface area contributed by atoms with E-state index in [1.54, 1.807) is 17.8 Å². The lowest BCUT2D eigenvalue weighted by Gasteiger charge is -2.06. The van der Waals surface area contributed by atoms with Crippen LogP contribution in [-0.2, 0) is 0 Å². The molecule has 0 amide bonds. The molecule has 0 fully saturated rings. The molecule has 16 heavy (non-hydrogen) atoms. The van der Waals surface area contributed by atoms with Crippen molar-refractivity contribution in [3.05, 3.63) is 35.6 Å². The fraction of sp³-hybridized carbons (Fsp3) is 0.200. The van der Waals surface area contributed by atoms with Gasteiger partial charge >= 0.3 is 0 Å². The molecule has 0 spiro atoms. The van der Waals surface area contributed by atoms with Crippen LogP contribution in [0.5, 0.6) is 5.75 Å². The Morgan fingerprint density at radius 1 is 1.38 bits per heavy atom. The quantitative estimate of drug-likeness (QED) is 0.659. The predicted molar refractivity (Wildman–Crippen MR) is 64.1 cm³/mol. The molecule has 2 aromatic rings. The summed E-state index contributed by atoms with van der Waals surface area (Å²) < 4.78 is 5.52. The Kier molecular flexibility index (Phi) is 4.07. The number of benzene rings is 1. The summed E-state index contributed by atoms with van der Waals surface area (Å²) in [6.45, 7) is 0.578. The zero-order chi connectivity index (χ0) is 11.2. The maximum absolute atomic E-state index is 5.94. The molecule has 0 aliphatic carbocycles. The normalized spacial score (nSPS) is 10.3. The zero-order valence-corrected chi connectivity index (χ0v) is 9.96. The van der Waals surface area contributed by atoms with Crippen LogP contribution in [0.1, 0.15) is 0 Å². The second-order valence-electron chi connectivity index (χ2n) is 2.92. The maximum atomic E-state index is 5.94. The van der Waals surface area contributed by atoms with Gasteiger partial charge in [0.15, 0.2) is 5.16 Å². The van der Waals surface area contributed by atoms with E-state index in [0.717, 1.165) is 10.9 Å². The van der Waals surface area contributed by atoms with E-state index in [1.165, 1.54) is 6.33 Å². The molecule has 84 valence electrons. The van der Waals surface area contributed by atoms with Crippen molar-refractivity contribution in [1.29, 1.82) is 0 Å². The van der Waals surface area contributed by atoms with Gasteiger partial charge in [0, 0.05) is 5.75 Å². The number of aromatic amines is 1. The molecule has 1 heterocycles. The standard InChI is InChI=1S/C10H10ClN3OS/c11-8-3-1-2-4-9(8)15-5-6-16-10-12-7-13-14-10/h1-4,7H,5-6H2,(H,12,13,14). The Hall–Kier alpha value is -1.20. The van der Waals surface area contributed by atoms with Gasteiger partial charge in [-0.05, 0) is 12.1 Å². The van der Waals surface area contributed by atoms with E-state index in [9.17, 15) is 0 Å². The van der Waals surface area contributed by atoms with Gasteiger partial charge in [-0.1, -0.05) is 35.5 Å². The largest absolute Gasteiger partial charge is 0.491 e.